The minimum atomic E-state index is -0.545. The van der Waals surface area contributed by atoms with Crippen LogP contribution in [0.15, 0.2) is 42.5 Å². The number of carbonyl (C=O) groups excluding carboxylic acids is 2. The number of hydrogen-bond acceptors (Lipinski definition) is 2. The van der Waals surface area contributed by atoms with Gasteiger partial charge in [0.1, 0.15) is 0 Å². The third-order valence-corrected chi connectivity index (χ3v) is 3.06. The molecule has 20 heavy (non-hydrogen) atoms. The Kier molecular flexibility index (Phi) is 5.26. The lowest BCUT2D eigenvalue weighted by atomic mass is 9.82. The lowest BCUT2D eigenvalue weighted by Gasteiger charge is -2.30. The van der Waals surface area contributed by atoms with Crippen molar-refractivity contribution in [1.82, 2.24) is 5.32 Å². The first-order valence-corrected chi connectivity index (χ1v) is 6.75. The zero-order chi connectivity index (χ0) is 15.3. The molecule has 1 amide bonds. The Morgan fingerprint density at radius 1 is 1.25 bits per heavy atom. The Bertz CT molecular complexity index is 503. The number of ketones is 1. The average Bonchev–Trinajstić information content (AvgIpc) is 2.35. The largest absolute Gasteiger partial charge is 0.345 e. The Hall–Kier alpha value is -1.90. The first kappa shape index (κ1) is 16.2. The fourth-order valence-electron chi connectivity index (χ4n) is 1.92. The van der Waals surface area contributed by atoms with E-state index in [1.54, 1.807) is 6.92 Å². The maximum Gasteiger partial charge on any atom is 0.225 e. The number of amides is 1. The first-order chi connectivity index (χ1) is 9.21. The quantitative estimate of drug-likeness (QED) is 0.839. The van der Waals surface area contributed by atoms with E-state index in [-0.39, 0.29) is 25.0 Å². The van der Waals surface area contributed by atoms with Crippen LogP contribution >= 0.6 is 0 Å². The fourth-order valence-corrected chi connectivity index (χ4v) is 1.92. The van der Waals surface area contributed by atoms with Crippen molar-refractivity contribution in [3.05, 3.63) is 48.0 Å². The van der Waals surface area contributed by atoms with E-state index < -0.39 is 6.04 Å². The predicted octanol–water partition coefficient (Wildman–Crippen LogP) is 3.15. The van der Waals surface area contributed by atoms with Gasteiger partial charge in [-0.2, -0.15) is 0 Å². The lowest BCUT2D eigenvalue weighted by Crippen LogP contribution is -2.49. The molecule has 0 aliphatic carbocycles. The van der Waals surface area contributed by atoms with Crippen molar-refractivity contribution in [2.24, 2.45) is 5.41 Å². The Morgan fingerprint density at radius 3 is 2.25 bits per heavy atom. The topological polar surface area (TPSA) is 46.2 Å². The highest BCUT2D eigenvalue weighted by atomic mass is 16.2. The fraction of sp³-hybridized carbons (Fsp3) is 0.412. The van der Waals surface area contributed by atoms with Crippen LogP contribution in [0.1, 0.15) is 34.7 Å². The molecule has 0 saturated carbocycles. The van der Waals surface area contributed by atoms with Gasteiger partial charge in [-0.3, -0.25) is 9.59 Å². The van der Waals surface area contributed by atoms with Crippen LogP contribution in [-0.2, 0) is 16.0 Å². The second-order valence-electron chi connectivity index (χ2n) is 6.17. The van der Waals surface area contributed by atoms with Crippen molar-refractivity contribution in [3.8, 4) is 0 Å². The van der Waals surface area contributed by atoms with Gasteiger partial charge in [0.25, 0.3) is 0 Å². The molecule has 1 N–H and O–H groups in total. The molecule has 1 rings (SSSR count). The van der Waals surface area contributed by atoms with Crippen LogP contribution in [0.2, 0.25) is 0 Å². The minimum absolute atomic E-state index is 0. The van der Waals surface area contributed by atoms with E-state index in [0.717, 1.165) is 5.56 Å². The number of rotatable bonds is 5. The van der Waals surface area contributed by atoms with E-state index >= 15 is 0 Å². The zero-order valence-corrected chi connectivity index (χ0v) is 12.7. The summed E-state index contributed by atoms with van der Waals surface area (Å²) >= 11 is 0. The summed E-state index contributed by atoms with van der Waals surface area (Å²) in [5, 5.41) is 2.84. The van der Waals surface area contributed by atoms with E-state index in [2.05, 4.69) is 11.9 Å². The predicted molar refractivity (Wildman–Crippen MR) is 83.5 cm³/mol. The van der Waals surface area contributed by atoms with Crippen molar-refractivity contribution in [1.29, 1.82) is 0 Å². The molecule has 0 aliphatic heterocycles. The monoisotopic (exact) mass is 275 g/mol. The highest BCUT2D eigenvalue weighted by Gasteiger charge is 2.32. The molecule has 3 heteroatoms. The van der Waals surface area contributed by atoms with Crippen LogP contribution in [0.5, 0.6) is 0 Å². The maximum absolute atomic E-state index is 12.2. The zero-order valence-electron chi connectivity index (χ0n) is 12.7. The Morgan fingerprint density at radius 2 is 1.80 bits per heavy atom. The van der Waals surface area contributed by atoms with Crippen molar-refractivity contribution in [2.75, 3.05) is 0 Å². The van der Waals surface area contributed by atoms with Gasteiger partial charge < -0.3 is 5.32 Å². The van der Waals surface area contributed by atoms with E-state index in [4.69, 9.17) is 0 Å². The molecule has 0 spiro atoms. The van der Waals surface area contributed by atoms with Gasteiger partial charge in [-0.1, -0.05) is 57.7 Å². The van der Waals surface area contributed by atoms with Crippen molar-refractivity contribution in [2.45, 2.75) is 40.2 Å². The standard InChI is InChI=1S/C17H23NO2.H2/c1-12(2)15(20)16(17(3,4)5)18-14(19)11-13-9-7-6-8-10-13;/h6-10,16H,1,11H2,2-5H3,(H,18,19);1H. The molecule has 3 nitrogen and oxygen atoms in total. The highest BCUT2D eigenvalue weighted by molar-refractivity contribution is 6.01. The number of benzene rings is 1. The number of hydrogen-bond donors (Lipinski definition) is 1. The summed E-state index contributed by atoms with van der Waals surface area (Å²) in [4.78, 5) is 24.3. The van der Waals surface area contributed by atoms with Gasteiger partial charge in [0.15, 0.2) is 5.78 Å². The lowest BCUT2D eigenvalue weighted by molar-refractivity contribution is -0.128. The van der Waals surface area contributed by atoms with Crippen molar-refractivity contribution in [3.63, 3.8) is 0 Å². The summed E-state index contributed by atoms with van der Waals surface area (Å²) in [5.74, 6) is -0.260. The minimum Gasteiger partial charge on any atom is -0.345 e. The number of nitrogens with one attached hydrogen (secondary N) is 1. The molecule has 0 fully saturated rings. The maximum atomic E-state index is 12.2. The normalized spacial score (nSPS) is 12.6. The van der Waals surface area contributed by atoms with Gasteiger partial charge in [-0.15, -0.1) is 0 Å². The van der Waals surface area contributed by atoms with Crippen LogP contribution in [0.25, 0.3) is 0 Å². The molecule has 1 unspecified atom stereocenters. The van der Waals surface area contributed by atoms with Gasteiger partial charge in [-0.05, 0) is 23.5 Å². The average molecular weight is 275 g/mol. The summed E-state index contributed by atoms with van der Waals surface area (Å²) in [7, 11) is 0. The van der Waals surface area contributed by atoms with Gasteiger partial charge in [0.2, 0.25) is 5.91 Å². The summed E-state index contributed by atoms with van der Waals surface area (Å²) in [6.07, 6.45) is 0.275. The molecular weight excluding hydrogens is 250 g/mol. The van der Waals surface area contributed by atoms with Crippen LogP contribution in [-0.4, -0.2) is 17.7 Å². The third kappa shape index (κ3) is 4.65. The third-order valence-electron chi connectivity index (χ3n) is 3.06. The first-order valence-electron chi connectivity index (χ1n) is 6.75. The molecule has 1 aromatic carbocycles. The van der Waals surface area contributed by atoms with E-state index in [1.807, 2.05) is 51.1 Å². The second-order valence-corrected chi connectivity index (χ2v) is 6.17. The SMILES string of the molecule is C=C(C)C(=O)C(NC(=O)Cc1ccccc1)C(C)(C)C.[HH]. The molecule has 1 aromatic rings. The van der Waals surface area contributed by atoms with Gasteiger partial charge in [0.05, 0.1) is 12.5 Å². The Balaban J connectivity index is 0.00000400. The second kappa shape index (κ2) is 6.51. The molecule has 0 heterocycles. The van der Waals surface area contributed by atoms with Gasteiger partial charge in [-0.25, -0.2) is 0 Å². The smallest absolute Gasteiger partial charge is 0.225 e. The van der Waals surface area contributed by atoms with Crippen LogP contribution < -0.4 is 5.32 Å². The molecule has 110 valence electrons. The molecule has 0 radical (unpaired) electrons. The van der Waals surface area contributed by atoms with Gasteiger partial charge >= 0.3 is 0 Å². The summed E-state index contributed by atoms with van der Waals surface area (Å²) in [6.45, 7) is 11.1. The van der Waals surface area contributed by atoms with E-state index in [9.17, 15) is 9.59 Å². The summed E-state index contributed by atoms with van der Waals surface area (Å²) < 4.78 is 0. The molecule has 1 atom stereocenters. The number of Topliss-reactive ketones (excluding diaryl/α,β-unsaturated/α-hetero) is 1. The van der Waals surface area contributed by atoms with Crippen LogP contribution in [0.4, 0.5) is 0 Å². The van der Waals surface area contributed by atoms with E-state index in [0.29, 0.717) is 5.57 Å². The molecular formula is C17H25NO2. The van der Waals surface area contributed by atoms with Crippen molar-refractivity contribution >= 4 is 11.7 Å². The molecule has 0 saturated heterocycles. The van der Waals surface area contributed by atoms with Crippen LogP contribution in [0, 0.1) is 5.41 Å². The van der Waals surface area contributed by atoms with Crippen LogP contribution in [0.3, 0.4) is 0 Å². The molecule has 0 bridgehead atoms. The highest BCUT2D eigenvalue weighted by Crippen LogP contribution is 2.22. The Labute approximate surface area is 122 Å². The van der Waals surface area contributed by atoms with E-state index in [1.165, 1.54) is 0 Å². The molecule has 0 aliphatic rings. The number of carbonyl (C=O) groups is 2. The summed E-state index contributed by atoms with van der Waals surface area (Å²) in [5.41, 5.74) is 1.05. The van der Waals surface area contributed by atoms with Crippen molar-refractivity contribution < 1.29 is 11.0 Å². The van der Waals surface area contributed by atoms with Gasteiger partial charge in [0, 0.05) is 1.43 Å². The summed E-state index contributed by atoms with van der Waals surface area (Å²) in [6, 6.07) is 8.94. The molecule has 0 aromatic heterocycles.